The maximum Gasteiger partial charge on any atom is 0.130 e. The lowest BCUT2D eigenvalue weighted by Gasteiger charge is -2.38. The van der Waals surface area contributed by atoms with Crippen LogP contribution in [0.4, 0.5) is 5.69 Å². The van der Waals surface area contributed by atoms with Crippen LogP contribution in [0.2, 0.25) is 0 Å². The third-order valence-electron chi connectivity index (χ3n) is 7.94. The first-order valence-electron chi connectivity index (χ1n) is 16.0. The maximum absolute atomic E-state index is 3.75. The van der Waals surface area contributed by atoms with E-state index in [-0.39, 0.29) is 11.6 Å². The number of nitrogens with zero attached hydrogens (tertiary/aromatic N) is 1. The summed E-state index contributed by atoms with van der Waals surface area (Å²) in [4.78, 5) is 2.55. The molecule has 5 rings (SSSR count). The van der Waals surface area contributed by atoms with Crippen molar-refractivity contribution in [2.24, 2.45) is 11.3 Å². The molecule has 2 nitrogen and oxygen atoms in total. The first-order valence-corrected chi connectivity index (χ1v) is 16.0. The van der Waals surface area contributed by atoms with Gasteiger partial charge in [0.15, 0.2) is 0 Å². The van der Waals surface area contributed by atoms with Gasteiger partial charge in [-0.15, -0.1) is 0 Å². The molecule has 1 unspecified atom stereocenters. The lowest BCUT2D eigenvalue weighted by molar-refractivity contribution is 0.411. The van der Waals surface area contributed by atoms with Gasteiger partial charge in [0.25, 0.3) is 0 Å². The highest BCUT2D eigenvalue weighted by Crippen LogP contribution is 2.51. The van der Waals surface area contributed by atoms with E-state index in [1.807, 2.05) is 13.8 Å². The molecular weight excluding hydrogens is 496 g/mol. The normalized spacial score (nSPS) is 15.2. The van der Waals surface area contributed by atoms with Crippen molar-refractivity contribution in [2.45, 2.75) is 114 Å². The first-order chi connectivity index (χ1) is 19.4. The minimum absolute atomic E-state index is 0.118. The van der Waals surface area contributed by atoms with Crippen molar-refractivity contribution >= 4 is 11.4 Å². The standard InChI is InChI=1S/C32H38N2.C5H12.C2H6/c1-20(2)23-13-10-14-24(21(3)4)30(23)29-19-33-31-26-12-9-8-11-25(26)27-17-22(18-32(5,6)7)15-16-28(27)34(29)31;1-4-5(2)3;1-2/h8-17,19-21,31,33H,18H2,1-7H3;5H,4H2,1-3H3;1-2H3. The smallest absolute Gasteiger partial charge is 0.130 e. The fourth-order valence-electron chi connectivity index (χ4n) is 5.69. The SMILES string of the molecule is CC.CC(C)c1cccc(C(C)C)c1C1=CNC2c3ccccc3-c3cc(CC(C)(C)C)ccc3N12.CCC(C)C. The van der Waals surface area contributed by atoms with Crippen molar-refractivity contribution in [1.82, 2.24) is 5.32 Å². The van der Waals surface area contributed by atoms with Gasteiger partial charge in [-0.25, -0.2) is 0 Å². The Kier molecular flexibility index (Phi) is 10.9. The fourth-order valence-corrected chi connectivity index (χ4v) is 5.69. The fraction of sp³-hybridized carbons (Fsp3) is 0.487. The molecule has 0 spiro atoms. The van der Waals surface area contributed by atoms with Crippen LogP contribution in [0.5, 0.6) is 0 Å². The van der Waals surface area contributed by atoms with Crippen molar-refractivity contribution in [3.05, 3.63) is 94.7 Å². The van der Waals surface area contributed by atoms with Crippen LogP contribution in [0, 0.1) is 11.3 Å². The van der Waals surface area contributed by atoms with Crippen molar-refractivity contribution in [3.8, 4) is 11.1 Å². The Labute approximate surface area is 252 Å². The van der Waals surface area contributed by atoms with Crippen LogP contribution >= 0.6 is 0 Å². The van der Waals surface area contributed by atoms with Crippen molar-refractivity contribution < 1.29 is 0 Å². The Morgan fingerprint density at radius 2 is 1.37 bits per heavy atom. The molecule has 2 aliphatic rings. The summed E-state index contributed by atoms with van der Waals surface area (Å²) < 4.78 is 0. The summed E-state index contributed by atoms with van der Waals surface area (Å²) in [6.07, 6.45) is 4.75. The molecule has 0 radical (unpaired) electrons. The minimum atomic E-state index is 0.118. The van der Waals surface area contributed by atoms with Crippen LogP contribution < -0.4 is 10.2 Å². The van der Waals surface area contributed by atoms with Gasteiger partial charge in [-0.3, -0.25) is 0 Å². The van der Waals surface area contributed by atoms with E-state index in [0.29, 0.717) is 11.8 Å². The molecule has 0 aromatic heterocycles. The van der Waals surface area contributed by atoms with Crippen molar-refractivity contribution in [2.75, 3.05) is 4.90 Å². The molecule has 0 bridgehead atoms. The van der Waals surface area contributed by atoms with Crippen LogP contribution in [-0.4, -0.2) is 0 Å². The molecular formula is C39H56N2. The van der Waals surface area contributed by atoms with Crippen molar-refractivity contribution in [3.63, 3.8) is 0 Å². The highest BCUT2D eigenvalue weighted by Gasteiger charge is 2.38. The third-order valence-corrected chi connectivity index (χ3v) is 7.94. The van der Waals surface area contributed by atoms with E-state index < -0.39 is 0 Å². The first kappa shape index (κ1) is 32.5. The molecule has 0 saturated carbocycles. The number of nitrogens with one attached hydrogen (secondary N) is 1. The Morgan fingerprint density at radius 3 is 1.90 bits per heavy atom. The maximum atomic E-state index is 3.75. The molecule has 0 amide bonds. The summed E-state index contributed by atoms with van der Waals surface area (Å²) in [5, 5.41) is 3.75. The molecule has 3 aromatic carbocycles. The second kappa shape index (κ2) is 13.8. The zero-order valence-electron chi connectivity index (χ0n) is 28.0. The monoisotopic (exact) mass is 552 g/mol. The van der Waals surface area contributed by atoms with Gasteiger partial charge < -0.3 is 10.2 Å². The molecule has 0 saturated heterocycles. The second-order valence-electron chi connectivity index (χ2n) is 13.6. The van der Waals surface area contributed by atoms with Gasteiger partial charge in [-0.1, -0.05) is 138 Å². The van der Waals surface area contributed by atoms with E-state index in [9.17, 15) is 0 Å². The number of benzene rings is 3. The highest BCUT2D eigenvalue weighted by molar-refractivity contribution is 5.95. The second-order valence-corrected chi connectivity index (χ2v) is 13.6. The molecule has 222 valence electrons. The predicted octanol–water partition coefficient (Wildman–Crippen LogP) is 11.7. The highest BCUT2D eigenvalue weighted by atomic mass is 15.3. The zero-order chi connectivity index (χ0) is 30.5. The molecule has 2 heteroatoms. The van der Waals surface area contributed by atoms with Gasteiger partial charge in [-0.05, 0) is 64.0 Å². The van der Waals surface area contributed by atoms with E-state index in [1.54, 1.807) is 0 Å². The molecule has 2 heterocycles. The molecule has 2 aliphatic heterocycles. The van der Waals surface area contributed by atoms with Crippen LogP contribution in [0.25, 0.3) is 16.8 Å². The Morgan fingerprint density at radius 1 is 0.780 bits per heavy atom. The summed E-state index contributed by atoms with van der Waals surface area (Å²) in [5.41, 5.74) is 12.5. The summed E-state index contributed by atoms with van der Waals surface area (Å²) in [6, 6.07) is 22.9. The minimum Gasteiger partial charge on any atom is -0.365 e. The van der Waals surface area contributed by atoms with Gasteiger partial charge in [0.1, 0.15) is 6.17 Å². The zero-order valence-corrected chi connectivity index (χ0v) is 28.0. The summed E-state index contributed by atoms with van der Waals surface area (Å²) in [7, 11) is 0. The Balaban J connectivity index is 0.000000598. The summed E-state index contributed by atoms with van der Waals surface area (Å²) >= 11 is 0. The van der Waals surface area contributed by atoms with E-state index in [1.165, 1.54) is 56.7 Å². The molecule has 0 fully saturated rings. The van der Waals surface area contributed by atoms with Crippen LogP contribution in [0.1, 0.15) is 135 Å². The molecule has 0 aliphatic carbocycles. The van der Waals surface area contributed by atoms with E-state index in [2.05, 4.69) is 146 Å². The predicted molar refractivity (Wildman–Crippen MR) is 182 cm³/mol. The average Bonchev–Trinajstić information content (AvgIpc) is 3.38. The van der Waals surface area contributed by atoms with Crippen LogP contribution in [-0.2, 0) is 6.42 Å². The lowest BCUT2D eigenvalue weighted by Crippen LogP contribution is -2.32. The molecule has 3 aromatic rings. The quantitative estimate of drug-likeness (QED) is 0.338. The Hall–Kier alpha value is -3.00. The van der Waals surface area contributed by atoms with E-state index in [4.69, 9.17) is 0 Å². The number of anilines is 1. The van der Waals surface area contributed by atoms with Gasteiger partial charge in [-0.2, -0.15) is 0 Å². The summed E-state index contributed by atoms with van der Waals surface area (Å²) in [5.74, 6) is 1.80. The number of hydrogen-bond donors (Lipinski definition) is 1. The largest absolute Gasteiger partial charge is 0.365 e. The third kappa shape index (κ3) is 7.26. The summed E-state index contributed by atoms with van der Waals surface area (Å²) in [6.45, 7) is 26.8. The van der Waals surface area contributed by atoms with Crippen molar-refractivity contribution in [1.29, 1.82) is 0 Å². The van der Waals surface area contributed by atoms with Gasteiger partial charge >= 0.3 is 0 Å². The Bertz CT molecular complexity index is 1290. The van der Waals surface area contributed by atoms with Gasteiger partial charge in [0.05, 0.1) is 11.4 Å². The van der Waals surface area contributed by atoms with E-state index >= 15 is 0 Å². The lowest BCUT2D eigenvalue weighted by atomic mass is 9.84. The topological polar surface area (TPSA) is 15.3 Å². The van der Waals surface area contributed by atoms with Crippen LogP contribution in [0.15, 0.2) is 66.9 Å². The average molecular weight is 553 g/mol. The van der Waals surface area contributed by atoms with Gasteiger partial charge in [0, 0.05) is 22.9 Å². The molecule has 1 atom stereocenters. The molecule has 41 heavy (non-hydrogen) atoms. The van der Waals surface area contributed by atoms with E-state index in [0.717, 1.165) is 12.3 Å². The number of fused-ring (bicyclic) bond motifs is 6. The van der Waals surface area contributed by atoms with Crippen LogP contribution in [0.3, 0.4) is 0 Å². The number of hydrogen-bond acceptors (Lipinski definition) is 2. The number of rotatable bonds is 5. The van der Waals surface area contributed by atoms with Gasteiger partial charge in [0.2, 0.25) is 0 Å². The molecule has 1 N–H and O–H groups in total.